The van der Waals surface area contributed by atoms with Crippen molar-refractivity contribution in [3.63, 3.8) is 0 Å². The van der Waals surface area contributed by atoms with E-state index in [9.17, 15) is 5.11 Å². The van der Waals surface area contributed by atoms with Gasteiger partial charge in [-0.25, -0.2) is 15.0 Å². The van der Waals surface area contributed by atoms with Crippen LogP contribution < -0.4 is 15.0 Å². The Morgan fingerprint density at radius 2 is 2.09 bits per heavy atom. The average molecular weight is 453 g/mol. The Kier molecular flexibility index (Phi) is 7.54. The molecule has 9 heteroatoms. The van der Waals surface area contributed by atoms with E-state index in [1.807, 2.05) is 37.3 Å². The van der Waals surface area contributed by atoms with Crippen molar-refractivity contribution >= 4 is 5.82 Å². The summed E-state index contributed by atoms with van der Waals surface area (Å²) in [6.07, 6.45) is 3.02. The first kappa shape index (κ1) is 23.2. The molecular formula is C24H32N6O3. The molecule has 4 rings (SSSR count). The van der Waals surface area contributed by atoms with Crippen LogP contribution in [0.3, 0.4) is 0 Å². The molecule has 0 spiro atoms. The summed E-state index contributed by atoms with van der Waals surface area (Å²) in [5, 5.41) is 12.9. The van der Waals surface area contributed by atoms with Gasteiger partial charge in [-0.1, -0.05) is 12.1 Å². The summed E-state index contributed by atoms with van der Waals surface area (Å²) in [4.78, 5) is 19.6. The van der Waals surface area contributed by atoms with E-state index in [1.54, 1.807) is 13.4 Å². The molecule has 3 heterocycles. The monoisotopic (exact) mass is 452 g/mol. The van der Waals surface area contributed by atoms with Gasteiger partial charge in [0.1, 0.15) is 30.0 Å². The molecule has 0 bridgehead atoms. The van der Waals surface area contributed by atoms with Crippen LogP contribution in [0.5, 0.6) is 5.75 Å². The average Bonchev–Trinajstić information content (AvgIpc) is 3.29. The van der Waals surface area contributed by atoms with Crippen molar-refractivity contribution in [2.24, 2.45) is 0 Å². The van der Waals surface area contributed by atoms with Crippen LogP contribution in [0.25, 0.3) is 22.8 Å². The van der Waals surface area contributed by atoms with Crippen molar-refractivity contribution in [1.82, 2.24) is 25.3 Å². The third-order valence-corrected chi connectivity index (χ3v) is 5.86. The number of aryl methyl sites for hydroxylation is 1. The lowest BCUT2D eigenvalue weighted by Crippen LogP contribution is -2.37. The van der Waals surface area contributed by atoms with Crippen LogP contribution in [0.4, 0.5) is 5.82 Å². The van der Waals surface area contributed by atoms with E-state index in [0.29, 0.717) is 24.2 Å². The molecular weight excluding hydrogens is 420 g/mol. The van der Waals surface area contributed by atoms with Gasteiger partial charge in [0.2, 0.25) is 0 Å². The molecule has 33 heavy (non-hydrogen) atoms. The highest BCUT2D eigenvalue weighted by Gasteiger charge is 2.22. The second-order valence-electron chi connectivity index (χ2n) is 8.32. The second kappa shape index (κ2) is 10.7. The van der Waals surface area contributed by atoms with Crippen LogP contribution >= 0.6 is 0 Å². The largest absolute Gasteiger partial charge is 0.491 e. The normalized spacial score (nSPS) is 15.4. The molecule has 3 N–H and O–H groups in total. The molecule has 0 amide bonds. The number of aromatic nitrogens is 4. The number of imidazole rings is 1. The van der Waals surface area contributed by atoms with Crippen molar-refractivity contribution in [2.45, 2.75) is 31.9 Å². The maximum absolute atomic E-state index is 9.95. The van der Waals surface area contributed by atoms with Gasteiger partial charge >= 0.3 is 0 Å². The number of H-pyrrole nitrogens is 1. The summed E-state index contributed by atoms with van der Waals surface area (Å²) in [5.41, 5.74) is 3.37. The van der Waals surface area contributed by atoms with Crippen LogP contribution in [-0.4, -0.2) is 77.6 Å². The highest BCUT2D eigenvalue weighted by atomic mass is 16.5. The van der Waals surface area contributed by atoms with Gasteiger partial charge < -0.3 is 29.8 Å². The SMILES string of the molecule is CNCC(O)COc1cccc(-c2nc(-c3nc[nH]c3C)cc(N(C)C3CCOCC3)n2)c1. The van der Waals surface area contributed by atoms with Gasteiger partial charge in [0.05, 0.1) is 12.0 Å². The molecule has 176 valence electrons. The van der Waals surface area contributed by atoms with E-state index < -0.39 is 6.10 Å². The number of aliphatic hydroxyl groups is 1. The standard InChI is InChI=1S/C24H32N6O3/c1-16-23(27-15-26-16)21-12-22(30(3)18-7-9-32-10-8-18)29-24(28-21)17-5-4-6-20(11-17)33-14-19(31)13-25-2/h4-6,11-12,15,18-19,25,31H,7-10,13-14H2,1-3H3,(H,26,27). The molecule has 1 atom stereocenters. The fraction of sp³-hybridized carbons (Fsp3) is 0.458. The lowest BCUT2D eigenvalue weighted by Gasteiger charge is -2.32. The van der Waals surface area contributed by atoms with E-state index >= 15 is 0 Å². The third kappa shape index (κ3) is 5.68. The van der Waals surface area contributed by atoms with Crippen molar-refractivity contribution < 1.29 is 14.6 Å². The van der Waals surface area contributed by atoms with E-state index in [2.05, 4.69) is 27.2 Å². The van der Waals surface area contributed by atoms with Gasteiger partial charge in [-0.05, 0) is 38.9 Å². The lowest BCUT2D eigenvalue weighted by molar-refractivity contribution is 0.0853. The molecule has 1 unspecified atom stereocenters. The van der Waals surface area contributed by atoms with Crippen LogP contribution in [0, 0.1) is 6.92 Å². The first-order chi connectivity index (χ1) is 16.0. The lowest BCUT2D eigenvalue weighted by atomic mass is 10.1. The zero-order chi connectivity index (χ0) is 23.2. The summed E-state index contributed by atoms with van der Waals surface area (Å²) in [7, 11) is 3.87. The first-order valence-corrected chi connectivity index (χ1v) is 11.3. The minimum atomic E-state index is -0.583. The number of rotatable bonds is 9. The van der Waals surface area contributed by atoms with Gasteiger partial charge in [0.15, 0.2) is 5.82 Å². The Bertz CT molecular complexity index is 1050. The van der Waals surface area contributed by atoms with Gasteiger partial charge in [0.25, 0.3) is 0 Å². The summed E-state index contributed by atoms with van der Waals surface area (Å²) in [6.45, 7) is 4.18. The topological polar surface area (TPSA) is 108 Å². The molecule has 1 saturated heterocycles. The second-order valence-corrected chi connectivity index (χ2v) is 8.32. The summed E-state index contributed by atoms with van der Waals surface area (Å²) in [6, 6.07) is 10.0. The van der Waals surface area contributed by atoms with E-state index in [4.69, 9.17) is 19.4 Å². The van der Waals surface area contributed by atoms with E-state index in [-0.39, 0.29) is 6.61 Å². The van der Waals surface area contributed by atoms with Gasteiger partial charge in [-0.15, -0.1) is 0 Å². The number of likely N-dealkylation sites (N-methyl/N-ethyl adjacent to an activating group) is 1. The number of benzene rings is 1. The van der Waals surface area contributed by atoms with Gasteiger partial charge in [-0.2, -0.15) is 0 Å². The molecule has 1 aliphatic rings. The van der Waals surface area contributed by atoms with Crippen LogP contribution in [-0.2, 0) is 4.74 Å². The number of nitrogens with zero attached hydrogens (tertiary/aromatic N) is 4. The first-order valence-electron chi connectivity index (χ1n) is 11.3. The molecule has 1 aliphatic heterocycles. The predicted octanol–water partition coefficient (Wildman–Crippen LogP) is 2.42. The minimum absolute atomic E-state index is 0.204. The number of nitrogens with one attached hydrogen (secondary N) is 2. The van der Waals surface area contributed by atoms with E-state index in [1.165, 1.54) is 0 Å². The predicted molar refractivity (Wildman–Crippen MR) is 127 cm³/mol. The fourth-order valence-corrected chi connectivity index (χ4v) is 3.95. The number of anilines is 1. The van der Waals surface area contributed by atoms with Crippen molar-refractivity contribution in [3.05, 3.63) is 42.4 Å². The number of aliphatic hydroxyl groups excluding tert-OH is 1. The smallest absolute Gasteiger partial charge is 0.162 e. The minimum Gasteiger partial charge on any atom is -0.491 e. The molecule has 0 aliphatic carbocycles. The summed E-state index contributed by atoms with van der Waals surface area (Å²) < 4.78 is 11.3. The van der Waals surface area contributed by atoms with Crippen molar-refractivity contribution in [2.75, 3.05) is 45.4 Å². The molecule has 0 saturated carbocycles. The van der Waals surface area contributed by atoms with Crippen LogP contribution in [0.15, 0.2) is 36.7 Å². The summed E-state index contributed by atoms with van der Waals surface area (Å²) in [5.74, 6) is 2.11. The molecule has 1 aromatic carbocycles. The number of hydrogen-bond acceptors (Lipinski definition) is 8. The van der Waals surface area contributed by atoms with Crippen LogP contribution in [0.1, 0.15) is 18.5 Å². The highest BCUT2D eigenvalue weighted by Crippen LogP contribution is 2.29. The Morgan fingerprint density at radius 1 is 1.27 bits per heavy atom. The molecule has 0 radical (unpaired) electrons. The fourth-order valence-electron chi connectivity index (χ4n) is 3.95. The molecule has 2 aromatic heterocycles. The summed E-state index contributed by atoms with van der Waals surface area (Å²) >= 11 is 0. The zero-order valence-corrected chi connectivity index (χ0v) is 19.4. The van der Waals surface area contributed by atoms with Gasteiger partial charge in [-0.3, -0.25) is 0 Å². The highest BCUT2D eigenvalue weighted by molar-refractivity contribution is 5.67. The van der Waals surface area contributed by atoms with E-state index in [0.717, 1.165) is 54.5 Å². The zero-order valence-electron chi connectivity index (χ0n) is 19.4. The van der Waals surface area contributed by atoms with Crippen molar-refractivity contribution in [1.29, 1.82) is 0 Å². The molecule has 1 fully saturated rings. The molecule has 9 nitrogen and oxygen atoms in total. The van der Waals surface area contributed by atoms with Gasteiger partial charge in [0, 0.05) is 50.2 Å². The number of aromatic amines is 1. The maximum atomic E-state index is 9.95. The third-order valence-electron chi connectivity index (χ3n) is 5.86. The number of ether oxygens (including phenoxy) is 2. The Morgan fingerprint density at radius 3 is 2.82 bits per heavy atom. The molecule has 3 aromatic rings. The Balaban J connectivity index is 1.67. The number of hydrogen-bond donors (Lipinski definition) is 3. The Hall–Kier alpha value is -3.01. The van der Waals surface area contributed by atoms with Crippen molar-refractivity contribution in [3.8, 4) is 28.5 Å². The maximum Gasteiger partial charge on any atom is 0.162 e. The Labute approximate surface area is 194 Å². The quantitative estimate of drug-likeness (QED) is 0.454. The van der Waals surface area contributed by atoms with Crippen LogP contribution in [0.2, 0.25) is 0 Å².